The van der Waals surface area contributed by atoms with Crippen LogP contribution < -0.4 is 0 Å². The Balaban J connectivity index is 3.98. The van der Waals surface area contributed by atoms with E-state index in [0.29, 0.717) is 23.9 Å². The molecule has 0 fully saturated rings. The van der Waals surface area contributed by atoms with E-state index >= 15 is 0 Å². The van der Waals surface area contributed by atoms with Gasteiger partial charge in [0.2, 0.25) is 0 Å². The number of likely N-dealkylation sites (N-methyl/N-ethyl adjacent to an activating group) is 1. The van der Waals surface area contributed by atoms with E-state index in [4.69, 9.17) is 18.9 Å². The highest BCUT2D eigenvalue weighted by Crippen LogP contribution is 2.20. The molecule has 0 aliphatic carbocycles. The predicted molar refractivity (Wildman–Crippen MR) is 429 cm³/mol. The van der Waals surface area contributed by atoms with Crippen molar-refractivity contribution in [3.8, 4) is 0 Å². The van der Waals surface area contributed by atoms with Crippen LogP contribution >= 0.6 is 0 Å². The molecule has 9 heteroatoms. The molecule has 0 spiro atoms. The summed E-state index contributed by atoms with van der Waals surface area (Å²) < 4.78 is 23.1. The molecule has 0 saturated heterocycles. The van der Waals surface area contributed by atoms with Gasteiger partial charge in [0.15, 0.2) is 6.10 Å². The van der Waals surface area contributed by atoms with Gasteiger partial charge in [0, 0.05) is 12.8 Å². The summed E-state index contributed by atoms with van der Waals surface area (Å²) in [5, 5.41) is 9.78. The minimum atomic E-state index is -1.52. The van der Waals surface area contributed by atoms with E-state index in [-0.39, 0.29) is 32.2 Å². The maximum atomic E-state index is 13.0. The molecule has 2 unspecified atom stereocenters. The number of nitrogens with zero attached hydrogens (tertiary/aromatic N) is 1. The number of carboxylic acids is 1. The van der Waals surface area contributed by atoms with Crippen molar-refractivity contribution in [2.45, 2.75) is 411 Å². The lowest BCUT2D eigenvalue weighted by molar-refractivity contribution is -0.870. The zero-order chi connectivity index (χ0) is 71.8. The van der Waals surface area contributed by atoms with Crippen LogP contribution in [0, 0.1) is 0 Å². The molecule has 0 heterocycles. The molecule has 1 N–H and O–H groups in total. The molecule has 0 amide bonds. The average Bonchev–Trinajstić information content (AvgIpc) is 1.57. The highest BCUT2D eigenvalue weighted by molar-refractivity contribution is 5.71. The van der Waals surface area contributed by atoms with Gasteiger partial charge in [0.05, 0.1) is 34.4 Å². The van der Waals surface area contributed by atoms with Gasteiger partial charge in [-0.2, -0.15) is 0 Å². The van der Waals surface area contributed by atoms with Gasteiger partial charge in [-0.3, -0.25) is 9.59 Å². The Morgan fingerprint density at radius 1 is 0.313 bits per heavy atom. The number of unbranched alkanes of at least 4 members (excludes halogenated alkanes) is 48. The predicted octanol–water partition coefficient (Wildman–Crippen LogP) is 27.5. The molecule has 0 rings (SSSR count). The summed E-state index contributed by atoms with van der Waals surface area (Å²) in [6.45, 7) is 4.80. The summed E-state index contributed by atoms with van der Waals surface area (Å²) in [6.07, 6.45) is 109. The first-order valence-corrected chi connectivity index (χ1v) is 42.4. The molecule has 0 radical (unpaired) electrons. The van der Waals surface area contributed by atoms with Crippen molar-refractivity contribution in [1.29, 1.82) is 0 Å². The Bertz CT molecular complexity index is 1960. The van der Waals surface area contributed by atoms with Crippen LogP contribution in [0.3, 0.4) is 0 Å². The molecule has 0 aliphatic rings. The Morgan fingerprint density at radius 2 is 0.576 bits per heavy atom. The van der Waals surface area contributed by atoms with Gasteiger partial charge in [-0.05, 0) is 77.0 Å². The molecule has 0 aromatic heterocycles. The molecule has 0 aromatic carbocycles. The zero-order valence-electron chi connectivity index (χ0n) is 65.9. The first-order chi connectivity index (χ1) is 48.6. The third kappa shape index (κ3) is 81.4. The van der Waals surface area contributed by atoms with Crippen LogP contribution in [-0.2, 0) is 33.3 Å². The summed E-state index contributed by atoms with van der Waals surface area (Å²) in [4.78, 5) is 37.8. The smallest absolute Gasteiger partial charge is 0.361 e. The maximum Gasteiger partial charge on any atom is 0.361 e. The normalized spacial score (nSPS) is 13.1. The summed E-state index contributed by atoms with van der Waals surface area (Å²) in [5.41, 5.74) is 0. The number of carbonyl (C=O) groups excluding carboxylic acids is 2. The SMILES string of the molecule is CC/C=C\C/C=C\C/C=C\C/C=C\C/C=C\C/C=C\C/C=C\C/C=C\CCCCCCCCCCC(=O)OC(COC(=O)CCCCCCCCCCCCCCCCCCCCCCCCCCCCCCCCCCCCCCCCCCC)COC(OCC[N+](C)(C)C)C(=O)O. The van der Waals surface area contributed by atoms with Crippen LogP contribution in [0.1, 0.15) is 399 Å². The fourth-order valence-electron chi connectivity index (χ4n) is 12.4. The Morgan fingerprint density at radius 3 is 0.859 bits per heavy atom. The number of aliphatic carboxylic acids is 1. The fourth-order valence-corrected chi connectivity index (χ4v) is 12.4. The van der Waals surface area contributed by atoms with E-state index in [0.717, 1.165) is 96.3 Å². The minimum absolute atomic E-state index is 0.183. The number of esters is 2. The van der Waals surface area contributed by atoms with Crippen molar-refractivity contribution < 1.29 is 42.9 Å². The molecule has 0 bridgehead atoms. The number of hydrogen-bond acceptors (Lipinski definition) is 7. The van der Waals surface area contributed by atoms with E-state index < -0.39 is 24.3 Å². The molecule has 0 aliphatic heterocycles. The maximum absolute atomic E-state index is 13.0. The van der Waals surface area contributed by atoms with E-state index in [1.165, 1.54) is 270 Å². The highest BCUT2D eigenvalue weighted by Gasteiger charge is 2.25. The summed E-state index contributed by atoms with van der Waals surface area (Å²) in [6, 6.07) is 0. The minimum Gasteiger partial charge on any atom is -0.477 e. The zero-order valence-corrected chi connectivity index (χ0v) is 65.9. The van der Waals surface area contributed by atoms with Gasteiger partial charge in [-0.15, -0.1) is 0 Å². The van der Waals surface area contributed by atoms with Gasteiger partial charge in [0.1, 0.15) is 13.2 Å². The second-order valence-corrected chi connectivity index (χ2v) is 29.8. The van der Waals surface area contributed by atoms with E-state index in [1.807, 2.05) is 21.1 Å². The average molecular weight is 1390 g/mol. The Hall–Kier alpha value is -3.79. The second-order valence-electron chi connectivity index (χ2n) is 29.8. The number of carboxylic acid groups (broad SMARTS) is 1. The standard InChI is InChI=1S/C90H161NO8/c1-6-8-10-12-14-16-18-20-22-24-26-28-30-32-34-36-38-40-41-42-43-44-45-46-47-49-50-52-54-56-58-60-62-64-66-68-70-72-74-76-78-80-87(92)97-84-86(85-98-90(89(94)95)96-83-82-91(3,4)5)99-88(93)81-79-77-75-73-71-69-67-65-63-61-59-57-55-53-51-48-39-37-35-33-31-29-27-25-23-21-19-17-15-13-11-9-7-2/h9,11,15,17,21,23,27,29,33,35,39,48,53,55,59,61,86,90H,6-8,10,12-14,16,18-20,22,24-26,28,30-32,34,36-38,40-47,49-52,54,56-58,60,62-85H2,1-5H3/p+1/b11-9-,17-15-,23-21-,29-27-,35-33-,48-39-,55-53-,61-59-. The van der Waals surface area contributed by atoms with Crippen molar-refractivity contribution in [1.82, 2.24) is 0 Å². The van der Waals surface area contributed by atoms with E-state index in [1.54, 1.807) is 0 Å². The van der Waals surface area contributed by atoms with Crippen molar-refractivity contribution in [2.75, 3.05) is 47.5 Å². The number of allylic oxidation sites excluding steroid dienone is 16. The van der Waals surface area contributed by atoms with E-state index in [9.17, 15) is 19.5 Å². The topological polar surface area (TPSA) is 108 Å². The van der Waals surface area contributed by atoms with E-state index in [2.05, 4.69) is 111 Å². The van der Waals surface area contributed by atoms with Gasteiger partial charge < -0.3 is 28.5 Å². The number of ether oxygens (including phenoxy) is 4. The third-order valence-corrected chi connectivity index (χ3v) is 18.9. The molecular weight excluding hydrogens is 1220 g/mol. The molecule has 0 aromatic rings. The van der Waals surface area contributed by atoms with Crippen molar-refractivity contribution in [2.24, 2.45) is 0 Å². The lowest BCUT2D eigenvalue weighted by Crippen LogP contribution is -2.40. The largest absolute Gasteiger partial charge is 0.477 e. The molecule has 574 valence electrons. The monoisotopic (exact) mass is 1390 g/mol. The highest BCUT2D eigenvalue weighted by atomic mass is 16.7. The quantitative estimate of drug-likeness (QED) is 0.0211. The van der Waals surface area contributed by atoms with Gasteiger partial charge in [-0.25, -0.2) is 4.79 Å². The van der Waals surface area contributed by atoms with Crippen LogP contribution in [0.5, 0.6) is 0 Å². The molecule has 9 nitrogen and oxygen atoms in total. The third-order valence-electron chi connectivity index (χ3n) is 18.9. The molecular formula is C90H162NO8+. The Labute approximate surface area is 613 Å². The Kier molecular flexibility index (Phi) is 76.8. The molecule has 2 atom stereocenters. The summed E-state index contributed by atoms with van der Waals surface area (Å²) in [7, 11) is 5.99. The number of quaternary nitrogens is 1. The fraction of sp³-hybridized carbons (Fsp3) is 0.789. The first kappa shape index (κ1) is 95.2. The lowest BCUT2D eigenvalue weighted by atomic mass is 10.0. The van der Waals surface area contributed by atoms with Gasteiger partial charge in [0.25, 0.3) is 6.29 Å². The number of hydrogen-bond donors (Lipinski definition) is 1. The van der Waals surface area contributed by atoms with Crippen LogP contribution in [0.4, 0.5) is 0 Å². The van der Waals surface area contributed by atoms with Crippen LogP contribution in [0.2, 0.25) is 0 Å². The van der Waals surface area contributed by atoms with Gasteiger partial charge >= 0.3 is 17.9 Å². The van der Waals surface area contributed by atoms with Crippen molar-refractivity contribution in [3.63, 3.8) is 0 Å². The summed E-state index contributed by atoms with van der Waals surface area (Å²) >= 11 is 0. The lowest BCUT2D eigenvalue weighted by Gasteiger charge is -2.25. The van der Waals surface area contributed by atoms with Crippen LogP contribution in [0.25, 0.3) is 0 Å². The molecule has 99 heavy (non-hydrogen) atoms. The van der Waals surface area contributed by atoms with Crippen LogP contribution in [0.15, 0.2) is 97.2 Å². The summed E-state index contributed by atoms with van der Waals surface area (Å²) in [5.74, 6) is -2.00. The second kappa shape index (κ2) is 79.9. The number of rotatable bonds is 79. The number of carbonyl (C=O) groups is 3. The van der Waals surface area contributed by atoms with Crippen molar-refractivity contribution in [3.05, 3.63) is 97.2 Å². The molecule has 0 saturated carbocycles. The first-order valence-electron chi connectivity index (χ1n) is 42.4. The van der Waals surface area contributed by atoms with Crippen molar-refractivity contribution >= 4 is 17.9 Å². The van der Waals surface area contributed by atoms with Crippen LogP contribution in [-0.4, -0.2) is 87.4 Å². The van der Waals surface area contributed by atoms with Gasteiger partial charge in [-0.1, -0.05) is 406 Å².